The molecule has 1 N–H and O–H groups in total. The molecule has 6 heteroatoms. The number of rotatable bonds is 2. The third kappa shape index (κ3) is 3.17. The van der Waals surface area contributed by atoms with Gasteiger partial charge in [-0.15, -0.1) is 0 Å². The van der Waals surface area contributed by atoms with E-state index < -0.39 is 0 Å². The van der Waals surface area contributed by atoms with Gasteiger partial charge in [-0.2, -0.15) is 0 Å². The van der Waals surface area contributed by atoms with Gasteiger partial charge >= 0.3 is 0 Å². The average Bonchev–Trinajstić information content (AvgIpc) is 2.33. The number of aromatic nitrogens is 1. The summed E-state index contributed by atoms with van der Waals surface area (Å²) in [5.74, 6) is -0.710. The van der Waals surface area contributed by atoms with Gasteiger partial charge < -0.3 is 5.32 Å². The van der Waals surface area contributed by atoms with Gasteiger partial charge in [0.2, 0.25) is 0 Å². The summed E-state index contributed by atoms with van der Waals surface area (Å²) in [6.07, 6.45) is 1.39. The lowest BCUT2D eigenvalue weighted by Gasteiger charge is -2.06. The number of amides is 1. The number of halogens is 3. The van der Waals surface area contributed by atoms with E-state index in [4.69, 9.17) is 11.6 Å². The normalized spacial score (nSPS) is 10.2. The second-order valence-electron chi connectivity index (χ2n) is 3.44. The molecule has 0 bridgehead atoms. The Morgan fingerprint density at radius 3 is 2.72 bits per heavy atom. The van der Waals surface area contributed by atoms with Gasteiger partial charge in [0, 0.05) is 9.77 Å². The lowest BCUT2D eigenvalue weighted by Crippen LogP contribution is -2.14. The molecule has 0 saturated heterocycles. The van der Waals surface area contributed by atoms with Gasteiger partial charge in [0.15, 0.2) is 0 Å². The fourth-order valence-electron chi connectivity index (χ4n) is 1.29. The van der Waals surface area contributed by atoms with Gasteiger partial charge in [-0.05, 0) is 52.9 Å². The lowest BCUT2D eigenvalue weighted by atomic mass is 10.3. The molecule has 0 radical (unpaired) electrons. The van der Waals surface area contributed by atoms with E-state index >= 15 is 0 Å². The third-order valence-electron chi connectivity index (χ3n) is 2.14. The molecule has 0 spiro atoms. The molecule has 1 heterocycles. The zero-order valence-electron chi connectivity index (χ0n) is 8.95. The van der Waals surface area contributed by atoms with Crippen LogP contribution in [-0.4, -0.2) is 10.9 Å². The number of anilines is 1. The van der Waals surface area contributed by atoms with Crippen LogP contribution >= 0.6 is 34.2 Å². The van der Waals surface area contributed by atoms with Crippen LogP contribution in [0.4, 0.5) is 10.1 Å². The SMILES string of the molecule is O=C(Nc1ccc(F)cc1I)c1ccc(Cl)cn1. The Morgan fingerprint density at radius 2 is 2.11 bits per heavy atom. The highest BCUT2D eigenvalue weighted by Crippen LogP contribution is 2.19. The van der Waals surface area contributed by atoms with E-state index in [9.17, 15) is 9.18 Å². The van der Waals surface area contributed by atoms with Crippen molar-refractivity contribution >= 4 is 45.8 Å². The van der Waals surface area contributed by atoms with Crippen molar-refractivity contribution in [2.24, 2.45) is 0 Å². The van der Waals surface area contributed by atoms with E-state index in [1.165, 1.54) is 30.5 Å². The Kier molecular flexibility index (Phi) is 4.13. The van der Waals surface area contributed by atoms with Gasteiger partial charge in [0.05, 0.1) is 10.7 Å². The van der Waals surface area contributed by atoms with Crippen LogP contribution in [0.1, 0.15) is 10.5 Å². The molecule has 1 amide bonds. The molecule has 0 atom stereocenters. The minimum absolute atomic E-state index is 0.250. The molecule has 0 aliphatic carbocycles. The Bertz CT molecular complexity index is 589. The number of hydrogen-bond acceptors (Lipinski definition) is 2. The highest BCUT2D eigenvalue weighted by Gasteiger charge is 2.09. The predicted molar refractivity (Wildman–Crippen MR) is 76.3 cm³/mol. The van der Waals surface area contributed by atoms with Crippen molar-refractivity contribution in [1.82, 2.24) is 4.98 Å². The molecule has 0 fully saturated rings. The maximum absolute atomic E-state index is 12.9. The summed E-state index contributed by atoms with van der Waals surface area (Å²) in [6.45, 7) is 0. The topological polar surface area (TPSA) is 42.0 Å². The second-order valence-corrected chi connectivity index (χ2v) is 5.04. The maximum atomic E-state index is 12.9. The fraction of sp³-hybridized carbons (Fsp3) is 0. The molecule has 0 aliphatic heterocycles. The summed E-state index contributed by atoms with van der Waals surface area (Å²) >= 11 is 7.63. The Labute approximate surface area is 122 Å². The van der Waals surface area contributed by atoms with E-state index in [2.05, 4.69) is 10.3 Å². The van der Waals surface area contributed by atoms with Gasteiger partial charge in [0.25, 0.3) is 5.91 Å². The van der Waals surface area contributed by atoms with Crippen molar-refractivity contribution in [3.05, 3.63) is 56.6 Å². The van der Waals surface area contributed by atoms with Crippen molar-refractivity contribution in [2.45, 2.75) is 0 Å². The number of nitrogens with one attached hydrogen (secondary N) is 1. The van der Waals surface area contributed by atoms with Crippen LogP contribution < -0.4 is 5.32 Å². The van der Waals surface area contributed by atoms with Crippen LogP contribution in [0.2, 0.25) is 5.02 Å². The molecule has 3 nitrogen and oxygen atoms in total. The number of hydrogen-bond donors (Lipinski definition) is 1. The molecule has 2 aromatic rings. The highest BCUT2D eigenvalue weighted by molar-refractivity contribution is 14.1. The molecular weight excluding hydrogens is 370 g/mol. The molecule has 18 heavy (non-hydrogen) atoms. The average molecular weight is 377 g/mol. The van der Waals surface area contributed by atoms with Crippen LogP contribution in [0.5, 0.6) is 0 Å². The summed E-state index contributed by atoms with van der Waals surface area (Å²) in [6, 6.07) is 7.23. The summed E-state index contributed by atoms with van der Waals surface area (Å²) < 4.78 is 13.5. The predicted octanol–water partition coefficient (Wildman–Crippen LogP) is 3.73. The van der Waals surface area contributed by atoms with E-state index in [0.29, 0.717) is 14.3 Å². The third-order valence-corrected chi connectivity index (χ3v) is 3.26. The molecule has 2 rings (SSSR count). The largest absolute Gasteiger partial charge is 0.320 e. The molecule has 0 unspecified atom stereocenters. The smallest absolute Gasteiger partial charge is 0.274 e. The standard InChI is InChI=1S/C12H7ClFIN2O/c13-7-1-3-11(16-6-7)12(18)17-10-4-2-8(14)5-9(10)15/h1-6H,(H,17,18). The summed E-state index contributed by atoms with van der Waals surface area (Å²) in [4.78, 5) is 15.7. The highest BCUT2D eigenvalue weighted by atomic mass is 127. The molecule has 0 aliphatic rings. The minimum Gasteiger partial charge on any atom is -0.320 e. The van der Waals surface area contributed by atoms with Gasteiger partial charge in [-0.25, -0.2) is 9.37 Å². The van der Waals surface area contributed by atoms with E-state index in [-0.39, 0.29) is 17.4 Å². The van der Waals surface area contributed by atoms with E-state index in [1.54, 1.807) is 6.07 Å². The van der Waals surface area contributed by atoms with Crippen LogP contribution in [0, 0.1) is 9.39 Å². The van der Waals surface area contributed by atoms with Crippen molar-refractivity contribution < 1.29 is 9.18 Å². The molecule has 0 saturated carbocycles. The fourth-order valence-corrected chi connectivity index (χ4v) is 2.01. The van der Waals surface area contributed by atoms with E-state index in [1.807, 2.05) is 22.6 Å². The van der Waals surface area contributed by atoms with Crippen LogP contribution in [0.15, 0.2) is 36.5 Å². The monoisotopic (exact) mass is 376 g/mol. The van der Waals surface area contributed by atoms with Crippen LogP contribution in [0.3, 0.4) is 0 Å². The molecule has 1 aromatic carbocycles. The maximum Gasteiger partial charge on any atom is 0.274 e. The van der Waals surface area contributed by atoms with Gasteiger partial charge in [-0.1, -0.05) is 11.6 Å². The zero-order valence-corrected chi connectivity index (χ0v) is 11.9. The van der Waals surface area contributed by atoms with Crippen LogP contribution in [-0.2, 0) is 0 Å². The van der Waals surface area contributed by atoms with Crippen molar-refractivity contribution in [2.75, 3.05) is 5.32 Å². The number of pyridine rings is 1. The number of carbonyl (C=O) groups excluding carboxylic acids is 1. The summed E-state index contributed by atoms with van der Waals surface area (Å²) in [7, 11) is 0. The van der Waals surface area contributed by atoms with Crippen LogP contribution in [0.25, 0.3) is 0 Å². The van der Waals surface area contributed by atoms with Crippen molar-refractivity contribution in [3.63, 3.8) is 0 Å². The summed E-state index contributed by atoms with van der Waals surface area (Å²) in [5.41, 5.74) is 0.790. The first-order valence-corrected chi connectivity index (χ1v) is 6.40. The van der Waals surface area contributed by atoms with E-state index in [0.717, 1.165) is 0 Å². The Hall–Kier alpha value is -1.21. The zero-order chi connectivity index (χ0) is 13.1. The first-order valence-electron chi connectivity index (χ1n) is 4.94. The quantitative estimate of drug-likeness (QED) is 0.812. The Balaban J connectivity index is 2.18. The van der Waals surface area contributed by atoms with Crippen molar-refractivity contribution in [1.29, 1.82) is 0 Å². The van der Waals surface area contributed by atoms with Gasteiger partial charge in [-0.3, -0.25) is 4.79 Å². The van der Waals surface area contributed by atoms with Crippen molar-refractivity contribution in [3.8, 4) is 0 Å². The minimum atomic E-state index is -0.365. The summed E-state index contributed by atoms with van der Waals surface area (Å²) in [5, 5.41) is 3.12. The lowest BCUT2D eigenvalue weighted by molar-refractivity contribution is 0.102. The number of nitrogens with zero attached hydrogens (tertiary/aromatic N) is 1. The van der Waals surface area contributed by atoms with Gasteiger partial charge in [0.1, 0.15) is 11.5 Å². The molecule has 92 valence electrons. The first kappa shape index (κ1) is 13.2. The first-order chi connectivity index (χ1) is 8.56. The number of carbonyl (C=O) groups is 1. The molecular formula is C12H7ClFIN2O. The second kappa shape index (κ2) is 5.62. The Morgan fingerprint density at radius 1 is 1.33 bits per heavy atom. The number of benzene rings is 1. The molecule has 1 aromatic heterocycles.